The van der Waals surface area contributed by atoms with Crippen molar-refractivity contribution in [3.8, 4) is 23.0 Å². The number of carbonyl (C=O) groups is 2. The molecule has 2 aromatic rings. The van der Waals surface area contributed by atoms with Crippen LogP contribution in [-0.2, 0) is 4.79 Å². The summed E-state index contributed by atoms with van der Waals surface area (Å²) in [6, 6.07) is 9.61. The van der Waals surface area contributed by atoms with Crippen LogP contribution in [0.15, 0.2) is 42.1 Å². The van der Waals surface area contributed by atoms with E-state index in [2.05, 4.69) is 5.32 Å². The van der Waals surface area contributed by atoms with Gasteiger partial charge in [0, 0.05) is 5.56 Å². The summed E-state index contributed by atoms with van der Waals surface area (Å²) in [4.78, 5) is 23.9. The Morgan fingerprint density at radius 1 is 0.885 bits per heavy atom. The number of amides is 1. The molecule has 0 spiro atoms. The highest BCUT2D eigenvalue weighted by atomic mass is 16.7. The van der Waals surface area contributed by atoms with Crippen LogP contribution in [-0.4, -0.2) is 30.6 Å². The van der Waals surface area contributed by atoms with Crippen LogP contribution < -0.4 is 24.3 Å². The van der Waals surface area contributed by atoms with E-state index >= 15 is 0 Å². The molecule has 2 heterocycles. The molecule has 4 rings (SSSR count). The van der Waals surface area contributed by atoms with E-state index in [1.54, 1.807) is 24.3 Å². The minimum atomic E-state index is -1.27. The standard InChI is InChI=1S/C18H13NO7/c20-17(11-2-4-14-16(7-11)26-9-24-14)19-12(18(21)22)5-10-1-3-13-15(6-10)25-8-23-13/h1-7H,8-9H2,(H,19,20)(H,21,22). The third-order valence-corrected chi connectivity index (χ3v) is 3.82. The predicted molar refractivity (Wildman–Crippen MR) is 88.2 cm³/mol. The maximum Gasteiger partial charge on any atom is 0.352 e. The average Bonchev–Trinajstić information content (AvgIpc) is 3.28. The monoisotopic (exact) mass is 355 g/mol. The van der Waals surface area contributed by atoms with Gasteiger partial charge in [0.2, 0.25) is 13.6 Å². The molecule has 2 aromatic carbocycles. The van der Waals surface area contributed by atoms with Crippen molar-refractivity contribution in [3.05, 3.63) is 53.2 Å². The number of carbonyl (C=O) groups excluding carboxylic acids is 1. The number of carboxylic acid groups (broad SMARTS) is 1. The molecule has 1 amide bonds. The Balaban J connectivity index is 1.57. The zero-order valence-corrected chi connectivity index (χ0v) is 13.4. The van der Waals surface area contributed by atoms with Gasteiger partial charge in [0.1, 0.15) is 5.70 Å². The molecule has 8 nitrogen and oxygen atoms in total. The molecule has 0 aromatic heterocycles. The Kier molecular flexibility index (Phi) is 3.85. The summed E-state index contributed by atoms with van der Waals surface area (Å²) >= 11 is 0. The van der Waals surface area contributed by atoms with Gasteiger partial charge in [0.15, 0.2) is 23.0 Å². The Morgan fingerprint density at radius 2 is 1.50 bits per heavy atom. The smallest absolute Gasteiger partial charge is 0.352 e. The average molecular weight is 355 g/mol. The maximum absolute atomic E-state index is 12.4. The fourth-order valence-corrected chi connectivity index (χ4v) is 2.55. The van der Waals surface area contributed by atoms with Crippen LogP contribution >= 0.6 is 0 Å². The highest BCUT2D eigenvalue weighted by Crippen LogP contribution is 2.33. The van der Waals surface area contributed by atoms with E-state index in [1.165, 1.54) is 18.2 Å². The molecular weight excluding hydrogens is 342 g/mol. The van der Waals surface area contributed by atoms with E-state index in [9.17, 15) is 14.7 Å². The number of nitrogens with one attached hydrogen (secondary N) is 1. The number of hydrogen-bond donors (Lipinski definition) is 2. The van der Waals surface area contributed by atoms with E-state index < -0.39 is 11.9 Å². The van der Waals surface area contributed by atoms with E-state index in [0.29, 0.717) is 28.6 Å². The molecule has 0 saturated heterocycles. The Morgan fingerprint density at radius 3 is 2.19 bits per heavy atom. The second kappa shape index (κ2) is 6.32. The molecule has 8 heteroatoms. The van der Waals surface area contributed by atoms with Crippen LogP contribution in [0, 0.1) is 0 Å². The van der Waals surface area contributed by atoms with E-state index in [4.69, 9.17) is 18.9 Å². The van der Waals surface area contributed by atoms with Crippen LogP contribution in [0.2, 0.25) is 0 Å². The van der Waals surface area contributed by atoms with Crippen molar-refractivity contribution in [2.75, 3.05) is 13.6 Å². The molecular formula is C18H13NO7. The second-order valence-electron chi connectivity index (χ2n) is 5.50. The molecule has 2 aliphatic heterocycles. The third kappa shape index (κ3) is 3.00. The summed E-state index contributed by atoms with van der Waals surface area (Å²) < 4.78 is 20.9. The molecule has 2 aliphatic rings. The lowest BCUT2D eigenvalue weighted by Gasteiger charge is -2.07. The highest BCUT2D eigenvalue weighted by molar-refractivity contribution is 6.03. The molecule has 0 aliphatic carbocycles. The lowest BCUT2D eigenvalue weighted by atomic mass is 10.1. The molecule has 0 radical (unpaired) electrons. The fraction of sp³-hybridized carbons (Fsp3) is 0.111. The van der Waals surface area contributed by atoms with E-state index in [1.807, 2.05) is 0 Å². The zero-order chi connectivity index (χ0) is 18.1. The van der Waals surface area contributed by atoms with Gasteiger partial charge >= 0.3 is 5.97 Å². The fourth-order valence-electron chi connectivity index (χ4n) is 2.55. The lowest BCUT2D eigenvalue weighted by molar-refractivity contribution is -0.132. The van der Waals surface area contributed by atoms with Gasteiger partial charge in [-0.3, -0.25) is 4.79 Å². The number of ether oxygens (including phenoxy) is 4. The Hall–Kier alpha value is -3.68. The van der Waals surface area contributed by atoms with E-state index in [-0.39, 0.29) is 24.8 Å². The van der Waals surface area contributed by atoms with Crippen LogP contribution in [0.4, 0.5) is 0 Å². The second-order valence-corrected chi connectivity index (χ2v) is 5.50. The first-order chi connectivity index (χ1) is 12.6. The van der Waals surface area contributed by atoms with Crippen molar-refractivity contribution in [1.29, 1.82) is 0 Å². The first kappa shape index (κ1) is 15.8. The van der Waals surface area contributed by atoms with Crippen LogP contribution in [0.25, 0.3) is 6.08 Å². The van der Waals surface area contributed by atoms with Crippen molar-refractivity contribution in [1.82, 2.24) is 5.32 Å². The summed E-state index contributed by atoms with van der Waals surface area (Å²) in [5, 5.41) is 11.8. The number of carboxylic acids is 1. The zero-order valence-electron chi connectivity index (χ0n) is 13.4. The van der Waals surface area contributed by atoms with Crippen LogP contribution in [0.1, 0.15) is 15.9 Å². The number of benzene rings is 2. The summed E-state index contributed by atoms with van der Waals surface area (Å²) in [5.41, 5.74) is 0.538. The normalized spacial score (nSPS) is 14.2. The third-order valence-electron chi connectivity index (χ3n) is 3.82. The largest absolute Gasteiger partial charge is 0.477 e. The van der Waals surface area contributed by atoms with Crippen molar-refractivity contribution in [2.24, 2.45) is 0 Å². The minimum Gasteiger partial charge on any atom is -0.477 e. The minimum absolute atomic E-state index is 0.0881. The Bertz CT molecular complexity index is 935. The molecule has 0 saturated carbocycles. The topological polar surface area (TPSA) is 103 Å². The van der Waals surface area contributed by atoms with Crippen molar-refractivity contribution in [2.45, 2.75) is 0 Å². The lowest BCUT2D eigenvalue weighted by Crippen LogP contribution is -2.27. The first-order valence-corrected chi connectivity index (χ1v) is 7.66. The van der Waals surface area contributed by atoms with Crippen molar-refractivity contribution < 1.29 is 33.6 Å². The predicted octanol–water partition coefficient (Wildman–Crippen LogP) is 2.00. The molecule has 0 unspecified atom stereocenters. The summed E-state index contributed by atoms with van der Waals surface area (Å²) in [6.45, 7) is 0.208. The molecule has 132 valence electrons. The number of hydrogen-bond acceptors (Lipinski definition) is 6. The number of fused-ring (bicyclic) bond motifs is 2. The SMILES string of the molecule is O=C(O)C(=Cc1ccc2c(c1)OCO2)NC(=O)c1ccc2c(c1)OCO2. The van der Waals surface area contributed by atoms with Gasteiger partial charge in [0.25, 0.3) is 5.91 Å². The van der Waals surface area contributed by atoms with E-state index in [0.717, 1.165) is 0 Å². The molecule has 0 atom stereocenters. The molecule has 26 heavy (non-hydrogen) atoms. The molecule has 0 fully saturated rings. The van der Waals surface area contributed by atoms with Crippen LogP contribution in [0.3, 0.4) is 0 Å². The quantitative estimate of drug-likeness (QED) is 0.809. The number of rotatable bonds is 4. The van der Waals surface area contributed by atoms with Gasteiger partial charge in [-0.05, 0) is 42.0 Å². The molecule has 2 N–H and O–H groups in total. The van der Waals surface area contributed by atoms with Gasteiger partial charge in [-0.15, -0.1) is 0 Å². The van der Waals surface area contributed by atoms with Gasteiger partial charge in [-0.25, -0.2) is 4.79 Å². The van der Waals surface area contributed by atoms with Crippen molar-refractivity contribution >= 4 is 18.0 Å². The number of aliphatic carboxylic acids is 1. The Labute approximate surface area is 147 Å². The highest BCUT2D eigenvalue weighted by Gasteiger charge is 2.19. The molecule has 0 bridgehead atoms. The summed E-state index contributed by atoms with van der Waals surface area (Å²) in [6.07, 6.45) is 1.34. The van der Waals surface area contributed by atoms with Gasteiger partial charge in [-0.1, -0.05) is 6.07 Å². The van der Waals surface area contributed by atoms with Crippen molar-refractivity contribution in [3.63, 3.8) is 0 Å². The van der Waals surface area contributed by atoms with Crippen LogP contribution in [0.5, 0.6) is 23.0 Å². The summed E-state index contributed by atoms with van der Waals surface area (Å²) in [5.74, 6) is 0.244. The maximum atomic E-state index is 12.4. The first-order valence-electron chi connectivity index (χ1n) is 7.66. The summed E-state index contributed by atoms with van der Waals surface area (Å²) in [7, 11) is 0. The van der Waals surface area contributed by atoms with Gasteiger partial charge < -0.3 is 29.4 Å². The van der Waals surface area contributed by atoms with Gasteiger partial charge in [-0.2, -0.15) is 0 Å². The van der Waals surface area contributed by atoms with Gasteiger partial charge in [0.05, 0.1) is 0 Å².